The first kappa shape index (κ1) is 17.4. The van der Waals surface area contributed by atoms with Crippen LogP contribution >= 0.6 is 0 Å². The normalized spacial score (nSPS) is 12.2. The highest BCUT2D eigenvalue weighted by molar-refractivity contribution is 5.92. The fraction of sp³-hybridized carbons (Fsp3) is 0.625. The van der Waals surface area contributed by atoms with Crippen LogP contribution in [0.5, 0.6) is 5.88 Å². The zero-order valence-corrected chi connectivity index (χ0v) is 13.9. The molecule has 0 radical (unpaired) electrons. The number of carbonyl (C=O) groups excluding carboxylic acids is 1. The summed E-state index contributed by atoms with van der Waals surface area (Å²) in [6.45, 7) is 11.1. The second kappa shape index (κ2) is 6.02. The van der Waals surface area contributed by atoms with E-state index in [9.17, 15) is 9.90 Å². The lowest BCUT2D eigenvalue weighted by Crippen LogP contribution is -2.25. The Kier molecular flexibility index (Phi) is 4.99. The third-order valence-electron chi connectivity index (χ3n) is 2.76. The van der Waals surface area contributed by atoms with E-state index in [-0.39, 0.29) is 23.5 Å². The van der Waals surface area contributed by atoms with Crippen LogP contribution in [0.15, 0.2) is 6.07 Å². The lowest BCUT2D eigenvalue weighted by atomic mass is 9.88. The maximum absolute atomic E-state index is 12.2. The average molecular weight is 295 g/mol. The number of esters is 1. The third kappa shape index (κ3) is 4.43. The summed E-state index contributed by atoms with van der Waals surface area (Å²) in [4.78, 5) is 16.6. The van der Waals surface area contributed by atoms with Crippen molar-refractivity contribution in [2.75, 3.05) is 7.11 Å². The van der Waals surface area contributed by atoms with Crippen LogP contribution in [0, 0.1) is 0 Å². The van der Waals surface area contributed by atoms with E-state index in [1.807, 2.05) is 20.8 Å². The molecule has 0 saturated heterocycles. The molecule has 5 heteroatoms. The molecule has 0 unspecified atom stereocenters. The van der Waals surface area contributed by atoms with Crippen molar-refractivity contribution in [3.05, 3.63) is 22.9 Å². The summed E-state index contributed by atoms with van der Waals surface area (Å²) < 4.78 is 10.6. The van der Waals surface area contributed by atoms with Crippen LogP contribution in [0.25, 0.3) is 0 Å². The smallest absolute Gasteiger partial charge is 0.344 e. The van der Waals surface area contributed by atoms with Gasteiger partial charge in [-0.1, -0.05) is 20.8 Å². The van der Waals surface area contributed by atoms with Gasteiger partial charge in [0.15, 0.2) is 0 Å². The number of nitrogens with zero attached hydrogens (tertiary/aromatic N) is 1. The quantitative estimate of drug-likeness (QED) is 0.868. The van der Waals surface area contributed by atoms with Crippen LogP contribution in [0.4, 0.5) is 0 Å². The molecule has 0 aliphatic carbocycles. The van der Waals surface area contributed by atoms with E-state index in [1.165, 1.54) is 7.11 Å². The maximum Gasteiger partial charge on any atom is 0.344 e. The first-order chi connectivity index (χ1) is 9.49. The molecule has 0 atom stereocenters. The molecule has 21 heavy (non-hydrogen) atoms. The Morgan fingerprint density at radius 3 is 2.19 bits per heavy atom. The van der Waals surface area contributed by atoms with Crippen molar-refractivity contribution in [2.45, 2.75) is 59.2 Å². The number of carbonyl (C=O) groups is 1. The second-order valence-electron chi connectivity index (χ2n) is 6.96. The van der Waals surface area contributed by atoms with E-state index in [4.69, 9.17) is 9.47 Å². The fourth-order valence-corrected chi connectivity index (χ4v) is 1.94. The molecule has 1 aromatic rings. The van der Waals surface area contributed by atoms with Crippen molar-refractivity contribution < 1.29 is 19.4 Å². The largest absolute Gasteiger partial charge is 0.480 e. The van der Waals surface area contributed by atoms with E-state index in [1.54, 1.807) is 26.8 Å². The number of ether oxygens (including phenoxy) is 2. The van der Waals surface area contributed by atoms with Gasteiger partial charge in [0.2, 0.25) is 5.88 Å². The van der Waals surface area contributed by atoms with Gasteiger partial charge in [0.25, 0.3) is 0 Å². The van der Waals surface area contributed by atoms with Crippen molar-refractivity contribution in [3.8, 4) is 5.88 Å². The number of hydrogen-bond acceptors (Lipinski definition) is 5. The third-order valence-corrected chi connectivity index (χ3v) is 2.76. The van der Waals surface area contributed by atoms with Crippen LogP contribution in [0.2, 0.25) is 0 Å². The van der Waals surface area contributed by atoms with E-state index in [0.717, 1.165) is 0 Å². The van der Waals surface area contributed by atoms with Crippen molar-refractivity contribution in [1.29, 1.82) is 0 Å². The highest BCUT2D eigenvalue weighted by Crippen LogP contribution is 2.30. The van der Waals surface area contributed by atoms with E-state index >= 15 is 0 Å². The molecule has 0 bridgehead atoms. The Morgan fingerprint density at radius 2 is 1.81 bits per heavy atom. The first-order valence-electron chi connectivity index (χ1n) is 6.92. The predicted octanol–water partition coefficient (Wildman–Crippen LogP) is 2.84. The summed E-state index contributed by atoms with van der Waals surface area (Å²) in [6.07, 6.45) is 0. The number of aliphatic hydroxyl groups excluding tert-OH is 1. The Bertz CT molecular complexity index is 524. The number of aliphatic hydroxyl groups is 1. The molecule has 118 valence electrons. The highest BCUT2D eigenvalue weighted by Gasteiger charge is 2.27. The zero-order valence-electron chi connectivity index (χ0n) is 13.9. The number of hydrogen-bond donors (Lipinski definition) is 1. The van der Waals surface area contributed by atoms with Crippen LogP contribution in [-0.2, 0) is 16.8 Å². The SMILES string of the molecule is COc1nc(C(C)(C)C)c(CO)cc1C(=O)OC(C)(C)C. The summed E-state index contributed by atoms with van der Waals surface area (Å²) in [5.74, 6) is -0.298. The van der Waals surface area contributed by atoms with Crippen LogP contribution in [0.1, 0.15) is 63.2 Å². The number of aromatic nitrogens is 1. The Hall–Kier alpha value is -1.62. The van der Waals surface area contributed by atoms with E-state index in [0.29, 0.717) is 11.3 Å². The van der Waals surface area contributed by atoms with Gasteiger partial charge in [-0.3, -0.25) is 0 Å². The Balaban J connectivity index is 3.37. The summed E-state index contributed by atoms with van der Waals surface area (Å²) in [5.41, 5.74) is 0.657. The van der Waals surface area contributed by atoms with Crippen molar-refractivity contribution in [3.63, 3.8) is 0 Å². The first-order valence-corrected chi connectivity index (χ1v) is 6.92. The highest BCUT2D eigenvalue weighted by atomic mass is 16.6. The molecular weight excluding hydrogens is 270 g/mol. The molecule has 5 nitrogen and oxygen atoms in total. The van der Waals surface area contributed by atoms with Gasteiger partial charge in [0.1, 0.15) is 11.2 Å². The summed E-state index contributed by atoms with van der Waals surface area (Å²) in [5, 5.41) is 9.55. The number of methoxy groups -OCH3 is 1. The molecule has 0 aliphatic rings. The number of pyridine rings is 1. The molecule has 0 aromatic carbocycles. The molecule has 1 aromatic heterocycles. The molecule has 0 fully saturated rings. The van der Waals surface area contributed by atoms with E-state index in [2.05, 4.69) is 4.98 Å². The molecule has 0 aliphatic heterocycles. The van der Waals surface area contributed by atoms with Crippen molar-refractivity contribution in [1.82, 2.24) is 4.98 Å². The monoisotopic (exact) mass is 295 g/mol. The Morgan fingerprint density at radius 1 is 1.24 bits per heavy atom. The molecule has 0 amide bonds. The van der Waals surface area contributed by atoms with Gasteiger partial charge >= 0.3 is 5.97 Å². The van der Waals surface area contributed by atoms with E-state index < -0.39 is 11.6 Å². The van der Waals surface area contributed by atoms with Crippen LogP contribution in [0.3, 0.4) is 0 Å². The standard InChI is InChI=1S/C16H25NO4/c1-15(2,3)12-10(9-18)8-11(13(17-12)20-7)14(19)21-16(4,5)6/h8,18H,9H2,1-7H3. The molecule has 0 spiro atoms. The summed E-state index contributed by atoms with van der Waals surface area (Å²) >= 11 is 0. The maximum atomic E-state index is 12.2. The van der Waals surface area contributed by atoms with Crippen LogP contribution < -0.4 is 4.74 Å². The molecular formula is C16H25NO4. The van der Waals surface area contributed by atoms with Gasteiger partial charge in [-0.2, -0.15) is 0 Å². The molecule has 0 saturated carbocycles. The minimum absolute atomic E-state index is 0.195. The van der Waals surface area contributed by atoms with Gasteiger partial charge in [0, 0.05) is 11.0 Å². The summed E-state index contributed by atoms with van der Waals surface area (Å²) in [7, 11) is 1.46. The lowest BCUT2D eigenvalue weighted by Gasteiger charge is -2.24. The minimum Gasteiger partial charge on any atom is -0.480 e. The molecule has 1 heterocycles. The van der Waals surface area contributed by atoms with Gasteiger partial charge in [0.05, 0.1) is 19.4 Å². The average Bonchev–Trinajstić information content (AvgIpc) is 2.33. The van der Waals surface area contributed by atoms with Crippen molar-refractivity contribution in [2.24, 2.45) is 0 Å². The molecule has 1 rings (SSSR count). The summed E-state index contributed by atoms with van der Waals surface area (Å²) in [6, 6.07) is 1.60. The fourth-order valence-electron chi connectivity index (χ4n) is 1.94. The zero-order chi connectivity index (χ0) is 16.4. The Labute approximate surface area is 126 Å². The van der Waals surface area contributed by atoms with Gasteiger partial charge in [-0.05, 0) is 26.8 Å². The topological polar surface area (TPSA) is 68.7 Å². The van der Waals surface area contributed by atoms with Crippen molar-refractivity contribution >= 4 is 5.97 Å². The van der Waals surface area contributed by atoms with Gasteiger partial charge in [-0.15, -0.1) is 0 Å². The minimum atomic E-state index is -0.607. The molecule has 1 N–H and O–H groups in total. The predicted molar refractivity (Wildman–Crippen MR) is 80.6 cm³/mol. The second-order valence-corrected chi connectivity index (χ2v) is 6.96. The van der Waals surface area contributed by atoms with Gasteiger partial charge in [-0.25, -0.2) is 9.78 Å². The van der Waals surface area contributed by atoms with Crippen LogP contribution in [-0.4, -0.2) is 28.8 Å². The number of rotatable bonds is 3. The lowest BCUT2D eigenvalue weighted by molar-refractivity contribution is 0.00653. The van der Waals surface area contributed by atoms with Gasteiger partial charge < -0.3 is 14.6 Å².